The minimum Gasteiger partial charge on any atom is -0.489 e. The Hall–Kier alpha value is -2.64. The maximum absolute atomic E-state index is 12.7. The van der Waals surface area contributed by atoms with Crippen molar-refractivity contribution in [1.82, 2.24) is 9.97 Å². The van der Waals surface area contributed by atoms with Crippen molar-refractivity contribution in [3.05, 3.63) is 66.0 Å². The number of rotatable bonds is 9. The third kappa shape index (κ3) is 5.62. The highest BCUT2D eigenvalue weighted by Gasteiger charge is 2.37. The van der Waals surface area contributed by atoms with Crippen molar-refractivity contribution in [2.24, 2.45) is 5.92 Å². The number of sulfone groups is 1. The van der Waals surface area contributed by atoms with Gasteiger partial charge in [0.2, 0.25) is 0 Å². The number of H-pyrrole nitrogens is 1. The molecule has 2 fully saturated rings. The monoisotopic (exact) mass is 494 g/mol. The molecule has 5 rings (SSSR count). The van der Waals surface area contributed by atoms with Gasteiger partial charge in [-0.1, -0.05) is 12.1 Å². The summed E-state index contributed by atoms with van der Waals surface area (Å²) in [6.45, 7) is 5.61. The van der Waals surface area contributed by atoms with Crippen LogP contribution in [0.2, 0.25) is 0 Å². The molecule has 1 saturated carbocycles. The Kier molecular flexibility index (Phi) is 6.98. The Labute approximate surface area is 208 Å². The molecule has 1 aliphatic carbocycles. The number of hydrogen-bond donors (Lipinski definition) is 1. The Morgan fingerprint density at radius 2 is 1.74 bits per heavy atom. The van der Waals surface area contributed by atoms with Crippen molar-refractivity contribution in [3.8, 4) is 17.1 Å². The van der Waals surface area contributed by atoms with E-state index in [4.69, 9.17) is 9.47 Å². The zero-order valence-electron chi connectivity index (χ0n) is 20.4. The van der Waals surface area contributed by atoms with Crippen LogP contribution in [0.3, 0.4) is 0 Å². The summed E-state index contributed by atoms with van der Waals surface area (Å²) in [4.78, 5) is 8.62. The van der Waals surface area contributed by atoms with Gasteiger partial charge in [0.1, 0.15) is 5.75 Å². The number of nitrogens with zero attached hydrogens (tertiary/aromatic N) is 1. The minimum atomic E-state index is -3.19. The molecule has 6 nitrogen and oxygen atoms in total. The molecule has 1 aliphatic heterocycles. The van der Waals surface area contributed by atoms with Gasteiger partial charge in [-0.3, -0.25) is 4.98 Å². The first kappa shape index (κ1) is 24.1. The fourth-order valence-corrected chi connectivity index (χ4v) is 6.52. The van der Waals surface area contributed by atoms with E-state index in [-0.39, 0.29) is 17.3 Å². The molecule has 0 bridgehead atoms. The van der Waals surface area contributed by atoms with E-state index in [0.717, 1.165) is 73.7 Å². The largest absolute Gasteiger partial charge is 0.489 e. The van der Waals surface area contributed by atoms with E-state index in [1.54, 1.807) is 18.3 Å². The topological polar surface area (TPSA) is 81.3 Å². The van der Waals surface area contributed by atoms with Crippen molar-refractivity contribution < 1.29 is 17.9 Å². The van der Waals surface area contributed by atoms with Crippen LogP contribution in [0.5, 0.6) is 5.75 Å². The summed E-state index contributed by atoms with van der Waals surface area (Å²) < 4.78 is 36.6. The molecule has 1 aromatic carbocycles. The van der Waals surface area contributed by atoms with Gasteiger partial charge < -0.3 is 14.5 Å². The maximum Gasteiger partial charge on any atom is 0.181 e. The van der Waals surface area contributed by atoms with Crippen LogP contribution < -0.4 is 4.74 Å². The van der Waals surface area contributed by atoms with Crippen LogP contribution in [-0.4, -0.2) is 43.0 Å². The number of ether oxygens (including phenoxy) is 2. The van der Waals surface area contributed by atoms with E-state index < -0.39 is 9.84 Å². The van der Waals surface area contributed by atoms with Crippen molar-refractivity contribution in [2.45, 2.75) is 68.1 Å². The van der Waals surface area contributed by atoms with E-state index in [9.17, 15) is 8.42 Å². The fraction of sp³-hybridized carbons (Fsp3) is 0.464. The lowest BCUT2D eigenvalue weighted by molar-refractivity contribution is 0.0626. The van der Waals surface area contributed by atoms with E-state index >= 15 is 0 Å². The summed E-state index contributed by atoms with van der Waals surface area (Å²) in [7, 11) is -3.19. The van der Waals surface area contributed by atoms with Gasteiger partial charge in [-0.2, -0.15) is 0 Å². The summed E-state index contributed by atoms with van der Waals surface area (Å²) in [5.74, 6) is 1.48. The standard InChI is InChI=1S/C28H34N2O4S/c1-19(2)34-22-5-10-27(29-18-22)28-12-11-26(30-28)25(17-20-13-15-33-16-14-20)21-3-6-23(7-4-21)35(31,32)24-8-9-24/h3-7,10-12,18-20,24-25,30H,8-9,13-17H2,1-2H3. The van der Waals surface area contributed by atoms with Gasteiger partial charge in [0.25, 0.3) is 0 Å². The predicted octanol–water partition coefficient (Wildman–Crippen LogP) is 5.75. The number of nitrogens with one attached hydrogen (secondary N) is 1. The second kappa shape index (κ2) is 10.2. The number of benzene rings is 1. The van der Waals surface area contributed by atoms with Crippen LogP contribution in [0.4, 0.5) is 0 Å². The summed E-state index contributed by atoms with van der Waals surface area (Å²) in [6, 6.07) is 15.7. The molecule has 1 saturated heterocycles. The van der Waals surface area contributed by atoms with E-state index in [2.05, 4.69) is 22.1 Å². The molecule has 186 valence electrons. The highest BCUT2D eigenvalue weighted by molar-refractivity contribution is 7.92. The van der Waals surface area contributed by atoms with Gasteiger partial charge in [-0.15, -0.1) is 0 Å². The van der Waals surface area contributed by atoms with Gasteiger partial charge in [0.15, 0.2) is 9.84 Å². The normalized spacial score (nSPS) is 18.0. The third-order valence-corrected chi connectivity index (χ3v) is 9.23. The molecule has 2 aliphatic rings. The Morgan fingerprint density at radius 1 is 1.00 bits per heavy atom. The van der Waals surface area contributed by atoms with Crippen molar-refractivity contribution in [3.63, 3.8) is 0 Å². The lowest BCUT2D eigenvalue weighted by Crippen LogP contribution is -2.19. The number of hydrogen-bond acceptors (Lipinski definition) is 5. The molecule has 3 aromatic rings. The first-order valence-electron chi connectivity index (χ1n) is 12.6. The van der Waals surface area contributed by atoms with Gasteiger partial charge in [-0.25, -0.2) is 8.42 Å². The highest BCUT2D eigenvalue weighted by Crippen LogP contribution is 2.37. The molecule has 35 heavy (non-hydrogen) atoms. The van der Waals surface area contributed by atoms with Crippen molar-refractivity contribution in [2.75, 3.05) is 13.2 Å². The van der Waals surface area contributed by atoms with Gasteiger partial charge >= 0.3 is 0 Å². The molecular formula is C28H34N2O4S. The molecular weight excluding hydrogens is 460 g/mol. The van der Waals surface area contributed by atoms with Crippen LogP contribution >= 0.6 is 0 Å². The highest BCUT2D eigenvalue weighted by atomic mass is 32.2. The molecule has 3 heterocycles. The molecule has 0 radical (unpaired) electrons. The molecule has 1 N–H and O–H groups in total. The van der Waals surface area contributed by atoms with E-state index in [0.29, 0.717) is 10.8 Å². The predicted molar refractivity (Wildman–Crippen MR) is 136 cm³/mol. The SMILES string of the molecule is CC(C)Oc1ccc(-c2ccc(C(CC3CCOCC3)c3ccc(S(=O)(=O)C4CC4)cc3)[nH]2)nc1. The zero-order valence-corrected chi connectivity index (χ0v) is 21.3. The third-order valence-electron chi connectivity index (χ3n) is 6.95. The van der Waals surface area contributed by atoms with Crippen LogP contribution in [0.25, 0.3) is 11.4 Å². The fourth-order valence-electron chi connectivity index (χ4n) is 4.86. The van der Waals surface area contributed by atoms with Crippen molar-refractivity contribution >= 4 is 9.84 Å². The summed E-state index contributed by atoms with van der Waals surface area (Å²) in [5, 5.41) is -0.192. The van der Waals surface area contributed by atoms with Crippen LogP contribution in [-0.2, 0) is 14.6 Å². The lowest BCUT2D eigenvalue weighted by Gasteiger charge is -2.27. The number of pyridine rings is 1. The van der Waals surface area contributed by atoms with E-state index in [1.165, 1.54) is 0 Å². The van der Waals surface area contributed by atoms with E-state index in [1.807, 2.05) is 38.1 Å². The zero-order chi connectivity index (χ0) is 24.4. The molecule has 0 amide bonds. The lowest BCUT2D eigenvalue weighted by atomic mass is 9.83. The average molecular weight is 495 g/mol. The second-order valence-corrected chi connectivity index (χ2v) is 12.3. The van der Waals surface area contributed by atoms with Crippen molar-refractivity contribution in [1.29, 1.82) is 0 Å². The summed E-state index contributed by atoms with van der Waals surface area (Å²) >= 11 is 0. The number of aromatic amines is 1. The van der Waals surface area contributed by atoms with Gasteiger partial charge in [0, 0.05) is 24.8 Å². The molecule has 1 atom stereocenters. The smallest absolute Gasteiger partial charge is 0.181 e. The molecule has 2 aromatic heterocycles. The molecule has 7 heteroatoms. The molecule has 0 spiro atoms. The quantitative estimate of drug-likeness (QED) is 0.410. The first-order chi connectivity index (χ1) is 16.9. The van der Waals surface area contributed by atoms with Gasteiger partial charge in [-0.05, 0) is 93.8 Å². The maximum atomic E-state index is 12.7. The Morgan fingerprint density at radius 3 is 2.37 bits per heavy atom. The van der Waals surface area contributed by atoms with Crippen LogP contribution in [0, 0.1) is 5.92 Å². The summed E-state index contributed by atoms with van der Waals surface area (Å²) in [5.41, 5.74) is 4.07. The minimum absolute atomic E-state index is 0.108. The average Bonchev–Trinajstić information content (AvgIpc) is 3.62. The Balaban J connectivity index is 1.41. The van der Waals surface area contributed by atoms with Crippen LogP contribution in [0.1, 0.15) is 63.1 Å². The molecule has 1 unspecified atom stereocenters. The first-order valence-corrected chi connectivity index (χ1v) is 14.2. The van der Waals surface area contributed by atoms with Gasteiger partial charge in [0.05, 0.1) is 33.8 Å². The Bertz CT molecular complexity index is 1220. The summed E-state index contributed by atoms with van der Waals surface area (Å²) in [6.07, 6.45) is 6.52. The van der Waals surface area contributed by atoms with Crippen LogP contribution in [0.15, 0.2) is 59.6 Å². The second-order valence-electron chi connectivity index (χ2n) is 10.0. The number of aromatic nitrogens is 2.